The third-order valence-corrected chi connectivity index (χ3v) is 7.10. The molecule has 7 nitrogen and oxygen atoms in total. The van der Waals surface area contributed by atoms with Crippen LogP contribution >= 0.6 is 0 Å². The Labute approximate surface area is 178 Å². The largest absolute Gasteiger partial charge is 0.299 e. The molecular weight excluding hydrogens is 398 g/mol. The lowest BCUT2D eigenvalue weighted by Gasteiger charge is -2.32. The number of nitrogens with zero attached hydrogens (tertiary/aromatic N) is 4. The van der Waals surface area contributed by atoms with Gasteiger partial charge in [-0.3, -0.25) is 14.6 Å². The maximum absolute atomic E-state index is 13.0. The molecule has 0 unspecified atom stereocenters. The Morgan fingerprint density at radius 2 is 2.07 bits per heavy atom. The lowest BCUT2D eigenvalue weighted by molar-refractivity contribution is 0.169. The topological polar surface area (TPSA) is 80.1 Å². The second-order valence-electron chi connectivity index (χ2n) is 8.35. The minimum Gasteiger partial charge on any atom is -0.299 e. The molecule has 1 fully saturated rings. The lowest BCUT2D eigenvalue weighted by Crippen LogP contribution is -2.40. The Kier molecular flexibility index (Phi) is 6.17. The number of likely N-dealkylation sites (tertiary alicyclic amines) is 1. The number of aromatic nitrogens is 3. The molecule has 3 aromatic rings. The quantitative estimate of drug-likeness (QED) is 0.626. The first-order valence-electron chi connectivity index (χ1n) is 10.5. The van der Waals surface area contributed by atoms with Crippen molar-refractivity contribution in [1.29, 1.82) is 0 Å². The standard InChI is InChI=1S/C22H29N5O2S/c1-17(2)27-16-19(12-24-27)15-26-11-5-6-18(14-26)13-25-30(28,29)21-9-3-7-20-8-4-10-23-22(20)21/h3-4,7-10,12,16-18,25H,5-6,11,13-15H2,1-2H3/t18-/m0/s1. The molecule has 1 saturated heterocycles. The van der Waals surface area contributed by atoms with Crippen LogP contribution < -0.4 is 4.72 Å². The van der Waals surface area contributed by atoms with Gasteiger partial charge in [0.25, 0.3) is 0 Å². The van der Waals surface area contributed by atoms with Crippen molar-refractivity contribution in [3.63, 3.8) is 0 Å². The fraction of sp³-hybridized carbons (Fsp3) is 0.455. The summed E-state index contributed by atoms with van der Waals surface area (Å²) in [6, 6.07) is 9.30. The number of benzene rings is 1. The summed E-state index contributed by atoms with van der Waals surface area (Å²) in [5.74, 6) is 0.289. The van der Waals surface area contributed by atoms with Gasteiger partial charge in [-0.05, 0) is 51.3 Å². The van der Waals surface area contributed by atoms with E-state index in [0.717, 1.165) is 37.9 Å². The van der Waals surface area contributed by atoms with Gasteiger partial charge in [0.15, 0.2) is 0 Å². The van der Waals surface area contributed by atoms with Crippen molar-refractivity contribution in [2.24, 2.45) is 5.92 Å². The summed E-state index contributed by atoms with van der Waals surface area (Å²) in [5, 5.41) is 5.24. The predicted octanol–water partition coefficient (Wildman–Crippen LogP) is 3.20. The van der Waals surface area contributed by atoms with Crippen LogP contribution in [-0.4, -0.2) is 47.7 Å². The number of hydrogen-bond donors (Lipinski definition) is 1. The van der Waals surface area contributed by atoms with E-state index in [-0.39, 0.29) is 10.8 Å². The molecule has 0 saturated carbocycles. The van der Waals surface area contributed by atoms with Crippen molar-refractivity contribution in [2.45, 2.75) is 44.2 Å². The number of sulfonamides is 1. The van der Waals surface area contributed by atoms with Gasteiger partial charge in [0, 0.05) is 49.0 Å². The Bertz CT molecular complexity index is 1100. The van der Waals surface area contributed by atoms with Crippen LogP contribution in [0.5, 0.6) is 0 Å². The van der Waals surface area contributed by atoms with Gasteiger partial charge in [-0.15, -0.1) is 0 Å². The minimum atomic E-state index is -3.61. The average Bonchev–Trinajstić information content (AvgIpc) is 3.21. The van der Waals surface area contributed by atoms with E-state index in [2.05, 4.69) is 39.7 Å². The third-order valence-electron chi connectivity index (χ3n) is 5.64. The van der Waals surface area contributed by atoms with Crippen molar-refractivity contribution < 1.29 is 8.42 Å². The van der Waals surface area contributed by atoms with Crippen LogP contribution in [0.4, 0.5) is 0 Å². The Morgan fingerprint density at radius 1 is 1.23 bits per heavy atom. The van der Waals surface area contributed by atoms with Crippen LogP contribution in [0, 0.1) is 5.92 Å². The lowest BCUT2D eigenvalue weighted by atomic mass is 9.98. The fourth-order valence-corrected chi connectivity index (χ4v) is 5.35. The predicted molar refractivity (Wildman–Crippen MR) is 118 cm³/mol. The van der Waals surface area contributed by atoms with Gasteiger partial charge in [-0.25, -0.2) is 13.1 Å². The van der Waals surface area contributed by atoms with Gasteiger partial charge in [0.2, 0.25) is 10.0 Å². The molecule has 2 aromatic heterocycles. The zero-order valence-corrected chi connectivity index (χ0v) is 18.3. The number of pyridine rings is 1. The van der Waals surface area contributed by atoms with E-state index in [1.165, 1.54) is 5.56 Å². The number of nitrogens with one attached hydrogen (secondary N) is 1. The summed E-state index contributed by atoms with van der Waals surface area (Å²) in [6.07, 6.45) is 7.75. The molecule has 1 aromatic carbocycles. The van der Waals surface area contributed by atoms with Crippen LogP contribution in [0.1, 0.15) is 38.3 Å². The van der Waals surface area contributed by atoms with Crippen molar-refractivity contribution >= 4 is 20.9 Å². The summed E-state index contributed by atoms with van der Waals surface area (Å²) in [6.45, 7) is 7.43. The van der Waals surface area contributed by atoms with Crippen molar-refractivity contribution in [2.75, 3.05) is 19.6 Å². The van der Waals surface area contributed by atoms with Gasteiger partial charge in [0.05, 0.1) is 11.7 Å². The van der Waals surface area contributed by atoms with Gasteiger partial charge >= 0.3 is 0 Å². The Balaban J connectivity index is 1.39. The smallest absolute Gasteiger partial charge is 0.242 e. The maximum Gasteiger partial charge on any atom is 0.242 e. The SMILES string of the molecule is CC(C)n1cc(CN2CCC[C@@H](CNS(=O)(=O)c3cccc4cccnc34)C2)cn1. The minimum absolute atomic E-state index is 0.245. The highest BCUT2D eigenvalue weighted by molar-refractivity contribution is 7.89. The zero-order chi connectivity index (χ0) is 21.1. The fourth-order valence-electron chi connectivity index (χ4n) is 4.06. The number of rotatable bonds is 7. The highest BCUT2D eigenvalue weighted by Gasteiger charge is 2.24. The van der Waals surface area contributed by atoms with Crippen LogP contribution in [0.3, 0.4) is 0 Å². The maximum atomic E-state index is 13.0. The summed E-state index contributed by atoms with van der Waals surface area (Å²) < 4.78 is 30.7. The van der Waals surface area contributed by atoms with E-state index in [1.807, 2.05) is 29.1 Å². The third kappa shape index (κ3) is 4.71. The first-order valence-corrected chi connectivity index (χ1v) is 12.0. The van der Waals surface area contributed by atoms with E-state index >= 15 is 0 Å². The van der Waals surface area contributed by atoms with E-state index in [4.69, 9.17) is 0 Å². The van der Waals surface area contributed by atoms with Gasteiger partial charge in [-0.1, -0.05) is 18.2 Å². The van der Waals surface area contributed by atoms with Crippen LogP contribution in [0.2, 0.25) is 0 Å². The molecule has 1 aliphatic heterocycles. The molecular formula is C22H29N5O2S. The Morgan fingerprint density at radius 3 is 2.87 bits per heavy atom. The molecule has 0 amide bonds. The van der Waals surface area contributed by atoms with E-state index in [9.17, 15) is 8.42 Å². The van der Waals surface area contributed by atoms with Crippen molar-refractivity contribution in [3.8, 4) is 0 Å². The zero-order valence-electron chi connectivity index (χ0n) is 17.5. The van der Waals surface area contributed by atoms with Gasteiger partial charge < -0.3 is 0 Å². The van der Waals surface area contributed by atoms with E-state index < -0.39 is 10.0 Å². The summed E-state index contributed by atoms with van der Waals surface area (Å²) >= 11 is 0. The second kappa shape index (κ2) is 8.83. The molecule has 0 bridgehead atoms. The monoisotopic (exact) mass is 427 g/mol. The number of fused-ring (bicyclic) bond motifs is 1. The highest BCUT2D eigenvalue weighted by atomic mass is 32.2. The molecule has 1 aliphatic rings. The normalized spacial score (nSPS) is 18.3. The molecule has 1 atom stereocenters. The molecule has 160 valence electrons. The number of para-hydroxylation sites is 1. The molecule has 8 heteroatoms. The molecule has 30 heavy (non-hydrogen) atoms. The van der Waals surface area contributed by atoms with Crippen LogP contribution in [0.15, 0.2) is 53.8 Å². The van der Waals surface area contributed by atoms with E-state index in [0.29, 0.717) is 18.1 Å². The second-order valence-corrected chi connectivity index (χ2v) is 10.1. The molecule has 0 spiro atoms. The average molecular weight is 428 g/mol. The van der Waals surface area contributed by atoms with Crippen molar-refractivity contribution in [1.82, 2.24) is 24.4 Å². The number of hydrogen-bond acceptors (Lipinski definition) is 5. The van der Waals surface area contributed by atoms with E-state index in [1.54, 1.807) is 18.3 Å². The first-order chi connectivity index (χ1) is 14.4. The van der Waals surface area contributed by atoms with Crippen LogP contribution in [0.25, 0.3) is 10.9 Å². The summed E-state index contributed by atoms with van der Waals surface area (Å²) in [7, 11) is -3.61. The molecule has 0 aliphatic carbocycles. The molecule has 0 radical (unpaired) electrons. The van der Waals surface area contributed by atoms with Gasteiger partial charge in [0.1, 0.15) is 4.90 Å². The highest BCUT2D eigenvalue weighted by Crippen LogP contribution is 2.22. The first kappa shape index (κ1) is 21.0. The molecule has 3 heterocycles. The number of piperidine rings is 1. The van der Waals surface area contributed by atoms with Gasteiger partial charge in [-0.2, -0.15) is 5.10 Å². The summed E-state index contributed by atoms with van der Waals surface area (Å²) in [5.41, 5.74) is 1.71. The summed E-state index contributed by atoms with van der Waals surface area (Å²) in [4.78, 5) is 6.92. The van der Waals surface area contributed by atoms with Crippen molar-refractivity contribution in [3.05, 3.63) is 54.5 Å². The molecule has 1 N–H and O–H groups in total. The van der Waals surface area contributed by atoms with Crippen LogP contribution in [-0.2, 0) is 16.6 Å². The Hall–Kier alpha value is -2.29. The molecule has 4 rings (SSSR count).